The number of methoxy groups -OCH3 is 1. The molecule has 0 aliphatic heterocycles. The zero-order valence-corrected chi connectivity index (χ0v) is 8.83. The Balaban J connectivity index is 2.67. The maximum atomic E-state index is 13.4. The average Bonchev–Trinajstić information content (AvgIpc) is 2.82. The van der Waals surface area contributed by atoms with E-state index in [9.17, 15) is 14.5 Å². The third-order valence-corrected chi connectivity index (χ3v) is 2.20. The van der Waals surface area contributed by atoms with Gasteiger partial charge in [-0.1, -0.05) is 0 Å². The van der Waals surface area contributed by atoms with E-state index in [1.54, 1.807) is 6.07 Å². The topological polar surface area (TPSA) is 70.2 Å². The first-order valence-electron chi connectivity index (χ1n) is 4.65. The Morgan fingerprint density at radius 1 is 1.53 bits per heavy atom. The van der Waals surface area contributed by atoms with Gasteiger partial charge in [-0.3, -0.25) is 10.1 Å². The SMILES string of the molecule is COc1cc(-n2cccn2)c([N+](=O)[O-])cc1F. The molecule has 0 atom stereocenters. The molecular formula is C10H8FN3O3. The molecule has 1 aromatic carbocycles. The fourth-order valence-electron chi connectivity index (χ4n) is 1.43. The van der Waals surface area contributed by atoms with E-state index in [2.05, 4.69) is 5.10 Å². The molecule has 0 unspecified atom stereocenters. The molecule has 2 rings (SSSR count). The van der Waals surface area contributed by atoms with Gasteiger partial charge in [-0.15, -0.1) is 0 Å². The lowest BCUT2D eigenvalue weighted by Crippen LogP contribution is -2.02. The Labute approximate surface area is 95.4 Å². The first-order valence-corrected chi connectivity index (χ1v) is 4.65. The van der Waals surface area contributed by atoms with E-state index in [0.717, 1.165) is 6.07 Å². The van der Waals surface area contributed by atoms with E-state index in [-0.39, 0.29) is 17.1 Å². The van der Waals surface area contributed by atoms with Gasteiger partial charge in [0.05, 0.1) is 18.1 Å². The Kier molecular flexibility index (Phi) is 2.73. The van der Waals surface area contributed by atoms with Crippen LogP contribution < -0.4 is 4.74 Å². The minimum atomic E-state index is -0.782. The van der Waals surface area contributed by atoms with E-state index in [0.29, 0.717) is 0 Å². The number of hydrogen-bond acceptors (Lipinski definition) is 4. The summed E-state index contributed by atoms with van der Waals surface area (Å²) in [5.74, 6) is -0.851. The number of aromatic nitrogens is 2. The predicted molar refractivity (Wildman–Crippen MR) is 56.7 cm³/mol. The van der Waals surface area contributed by atoms with Crippen LogP contribution in [-0.4, -0.2) is 21.8 Å². The van der Waals surface area contributed by atoms with Crippen molar-refractivity contribution in [2.45, 2.75) is 0 Å². The van der Waals surface area contributed by atoms with E-state index >= 15 is 0 Å². The third kappa shape index (κ3) is 1.94. The molecule has 1 heterocycles. The molecular weight excluding hydrogens is 229 g/mol. The van der Waals surface area contributed by atoms with Gasteiger partial charge in [0.15, 0.2) is 11.6 Å². The molecule has 0 saturated heterocycles. The summed E-state index contributed by atoms with van der Waals surface area (Å²) < 4.78 is 19.4. The van der Waals surface area contributed by atoms with Crippen LogP contribution in [0.4, 0.5) is 10.1 Å². The second kappa shape index (κ2) is 4.20. The van der Waals surface area contributed by atoms with Gasteiger partial charge < -0.3 is 4.74 Å². The average molecular weight is 237 g/mol. The smallest absolute Gasteiger partial charge is 0.298 e. The van der Waals surface area contributed by atoms with Crippen LogP contribution in [0.25, 0.3) is 5.69 Å². The van der Waals surface area contributed by atoms with E-state index in [1.807, 2.05) is 0 Å². The van der Waals surface area contributed by atoms with Crippen molar-refractivity contribution in [2.75, 3.05) is 7.11 Å². The highest BCUT2D eigenvalue weighted by Gasteiger charge is 2.20. The Hall–Kier alpha value is -2.44. The molecule has 0 aliphatic carbocycles. The molecule has 6 nitrogen and oxygen atoms in total. The van der Waals surface area contributed by atoms with E-state index in [1.165, 1.54) is 30.3 Å². The zero-order chi connectivity index (χ0) is 12.4. The monoisotopic (exact) mass is 237 g/mol. The summed E-state index contributed by atoms with van der Waals surface area (Å²) in [6.07, 6.45) is 3.00. The fraction of sp³-hybridized carbons (Fsp3) is 0.100. The standard InChI is InChI=1S/C10H8FN3O3/c1-17-10-6-8(13-4-2-3-12-13)9(14(15)16)5-7(10)11/h2-6H,1H3. The van der Waals surface area contributed by atoms with Crippen molar-refractivity contribution in [3.63, 3.8) is 0 Å². The molecule has 0 amide bonds. The second-order valence-electron chi connectivity index (χ2n) is 3.18. The summed E-state index contributed by atoms with van der Waals surface area (Å²) in [6, 6.07) is 3.66. The number of rotatable bonds is 3. The number of nitro groups is 1. The van der Waals surface area contributed by atoms with Gasteiger partial charge in [0.25, 0.3) is 5.69 Å². The van der Waals surface area contributed by atoms with Crippen LogP contribution in [0.15, 0.2) is 30.6 Å². The molecule has 88 valence electrons. The van der Waals surface area contributed by atoms with Gasteiger partial charge in [-0.2, -0.15) is 5.10 Å². The van der Waals surface area contributed by atoms with Crippen LogP contribution >= 0.6 is 0 Å². The number of hydrogen-bond donors (Lipinski definition) is 0. The van der Waals surface area contributed by atoms with E-state index in [4.69, 9.17) is 4.74 Å². The third-order valence-electron chi connectivity index (χ3n) is 2.20. The highest BCUT2D eigenvalue weighted by Crippen LogP contribution is 2.29. The van der Waals surface area contributed by atoms with Crippen LogP contribution in [0.3, 0.4) is 0 Å². The van der Waals surface area contributed by atoms with Crippen molar-refractivity contribution < 1.29 is 14.1 Å². The summed E-state index contributed by atoms with van der Waals surface area (Å²) in [6.45, 7) is 0. The molecule has 0 radical (unpaired) electrons. The van der Waals surface area contributed by atoms with Gasteiger partial charge in [0, 0.05) is 18.5 Å². The van der Waals surface area contributed by atoms with Crippen molar-refractivity contribution >= 4 is 5.69 Å². The Morgan fingerprint density at radius 3 is 2.82 bits per heavy atom. The van der Waals surface area contributed by atoms with Crippen molar-refractivity contribution in [1.29, 1.82) is 0 Å². The summed E-state index contributed by atoms with van der Waals surface area (Å²) in [5.41, 5.74) is -0.217. The molecule has 7 heteroatoms. The van der Waals surface area contributed by atoms with Crippen LogP contribution in [0.2, 0.25) is 0 Å². The molecule has 0 bridgehead atoms. The number of nitro benzene ring substituents is 1. The lowest BCUT2D eigenvalue weighted by atomic mass is 10.2. The van der Waals surface area contributed by atoms with Gasteiger partial charge in [-0.25, -0.2) is 9.07 Å². The molecule has 0 spiro atoms. The quantitative estimate of drug-likeness (QED) is 0.604. The van der Waals surface area contributed by atoms with Crippen LogP contribution in [0.5, 0.6) is 5.75 Å². The van der Waals surface area contributed by atoms with Crippen molar-refractivity contribution in [3.05, 3.63) is 46.5 Å². The molecule has 0 N–H and O–H groups in total. The molecule has 0 aliphatic rings. The minimum Gasteiger partial charge on any atom is -0.494 e. The molecule has 2 aromatic rings. The molecule has 0 saturated carbocycles. The number of nitrogens with zero attached hydrogens (tertiary/aromatic N) is 3. The maximum absolute atomic E-state index is 13.4. The number of benzene rings is 1. The van der Waals surface area contributed by atoms with Gasteiger partial charge in [0.1, 0.15) is 5.69 Å². The van der Waals surface area contributed by atoms with Gasteiger partial charge >= 0.3 is 0 Å². The molecule has 0 fully saturated rings. The maximum Gasteiger partial charge on any atom is 0.298 e. The predicted octanol–water partition coefficient (Wildman–Crippen LogP) is 1.93. The molecule has 17 heavy (non-hydrogen) atoms. The van der Waals surface area contributed by atoms with Crippen molar-refractivity contribution in [1.82, 2.24) is 9.78 Å². The lowest BCUT2D eigenvalue weighted by Gasteiger charge is -2.06. The first-order chi connectivity index (χ1) is 8.13. The Bertz CT molecular complexity index is 554. The second-order valence-corrected chi connectivity index (χ2v) is 3.18. The Morgan fingerprint density at radius 2 is 2.29 bits per heavy atom. The minimum absolute atomic E-state index is 0.0684. The summed E-state index contributed by atoms with van der Waals surface area (Å²) >= 11 is 0. The molecule has 1 aromatic heterocycles. The highest BCUT2D eigenvalue weighted by molar-refractivity contribution is 5.56. The van der Waals surface area contributed by atoms with Crippen molar-refractivity contribution in [3.8, 4) is 11.4 Å². The van der Waals surface area contributed by atoms with Crippen LogP contribution in [0, 0.1) is 15.9 Å². The van der Waals surface area contributed by atoms with Crippen LogP contribution in [-0.2, 0) is 0 Å². The highest BCUT2D eigenvalue weighted by atomic mass is 19.1. The number of ether oxygens (including phenoxy) is 1. The lowest BCUT2D eigenvalue weighted by molar-refractivity contribution is -0.384. The number of halogens is 1. The largest absolute Gasteiger partial charge is 0.494 e. The zero-order valence-electron chi connectivity index (χ0n) is 8.83. The summed E-state index contributed by atoms with van der Waals surface area (Å²) in [4.78, 5) is 10.2. The first kappa shape index (κ1) is 11.1. The van der Waals surface area contributed by atoms with Crippen LogP contribution in [0.1, 0.15) is 0 Å². The van der Waals surface area contributed by atoms with Gasteiger partial charge in [0.2, 0.25) is 0 Å². The normalized spacial score (nSPS) is 10.2. The van der Waals surface area contributed by atoms with Crippen molar-refractivity contribution in [2.24, 2.45) is 0 Å². The van der Waals surface area contributed by atoms with E-state index < -0.39 is 10.7 Å². The fourth-order valence-corrected chi connectivity index (χ4v) is 1.43. The summed E-state index contributed by atoms with van der Waals surface area (Å²) in [5, 5.41) is 14.7. The van der Waals surface area contributed by atoms with Gasteiger partial charge in [-0.05, 0) is 6.07 Å². The summed E-state index contributed by atoms with van der Waals surface area (Å²) in [7, 11) is 1.29.